The van der Waals surface area contributed by atoms with E-state index in [-0.39, 0.29) is 11.9 Å². The summed E-state index contributed by atoms with van der Waals surface area (Å²) < 4.78 is 1.89. The Kier molecular flexibility index (Phi) is 4.57. The molecule has 2 saturated heterocycles. The highest BCUT2D eigenvalue weighted by Crippen LogP contribution is 2.32. The Labute approximate surface area is 149 Å². The Balaban J connectivity index is 1.48. The van der Waals surface area contributed by atoms with Gasteiger partial charge in [0.15, 0.2) is 0 Å². The molecule has 2 aromatic rings. The van der Waals surface area contributed by atoms with Crippen molar-refractivity contribution in [2.45, 2.75) is 38.3 Å². The minimum absolute atomic E-state index is 0.100. The molecule has 5 nitrogen and oxygen atoms in total. The van der Waals surface area contributed by atoms with Gasteiger partial charge in [0.1, 0.15) is 5.69 Å². The SMILES string of the molecule is Cn1cccc1C(=O)N1CCC[C@H]1c1ccc(CN2CCCC2)cn1. The van der Waals surface area contributed by atoms with Gasteiger partial charge in [0.05, 0.1) is 11.7 Å². The highest BCUT2D eigenvalue weighted by Gasteiger charge is 2.32. The molecule has 0 unspecified atom stereocenters. The number of carbonyl (C=O) groups is 1. The van der Waals surface area contributed by atoms with Gasteiger partial charge in [-0.2, -0.15) is 0 Å². The van der Waals surface area contributed by atoms with Gasteiger partial charge in [-0.05, 0) is 62.5 Å². The summed E-state index contributed by atoms with van der Waals surface area (Å²) in [5.74, 6) is 0.109. The number of rotatable bonds is 4. The molecule has 2 aliphatic heterocycles. The van der Waals surface area contributed by atoms with Crippen LogP contribution in [-0.4, -0.2) is 44.9 Å². The number of amides is 1. The molecular formula is C20H26N4O. The zero-order valence-electron chi connectivity index (χ0n) is 14.9. The van der Waals surface area contributed by atoms with Crippen molar-refractivity contribution in [1.82, 2.24) is 19.4 Å². The van der Waals surface area contributed by atoms with Crippen molar-refractivity contribution in [1.29, 1.82) is 0 Å². The molecule has 0 radical (unpaired) electrons. The molecule has 0 N–H and O–H groups in total. The number of hydrogen-bond donors (Lipinski definition) is 0. The Hall–Kier alpha value is -2.14. The lowest BCUT2D eigenvalue weighted by atomic mass is 10.1. The first kappa shape index (κ1) is 16.3. The zero-order chi connectivity index (χ0) is 17.2. The molecule has 0 aromatic carbocycles. The molecule has 5 heteroatoms. The maximum absolute atomic E-state index is 12.9. The molecule has 25 heavy (non-hydrogen) atoms. The summed E-state index contributed by atoms with van der Waals surface area (Å²) >= 11 is 0. The predicted molar refractivity (Wildman–Crippen MR) is 97.2 cm³/mol. The van der Waals surface area contributed by atoms with E-state index in [1.165, 1.54) is 31.5 Å². The molecule has 0 bridgehead atoms. The molecule has 4 heterocycles. The van der Waals surface area contributed by atoms with E-state index in [0.717, 1.165) is 37.3 Å². The number of pyridine rings is 1. The van der Waals surface area contributed by atoms with Gasteiger partial charge in [-0.3, -0.25) is 14.7 Å². The molecule has 2 aliphatic rings. The number of carbonyl (C=O) groups excluding carboxylic acids is 1. The third-order valence-electron chi connectivity index (χ3n) is 5.47. The van der Waals surface area contributed by atoms with Gasteiger partial charge < -0.3 is 9.47 Å². The maximum Gasteiger partial charge on any atom is 0.271 e. The average Bonchev–Trinajstić information content (AvgIpc) is 3.36. The van der Waals surface area contributed by atoms with Crippen molar-refractivity contribution >= 4 is 5.91 Å². The second-order valence-electron chi connectivity index (χ2n) is 7.24. The Bertz CT molecular complexity index is 730. The van der Waals surface area contributed by atoms with Crippen molar-refractivity contribution in [3.8, 4) is 0 Å². The Morgan fingerprint density at radius 3 is 2.68 bits per heavy atom. The van der Waals surface area contributed by atoms with E-state index in [4.69, 9.17) is 4.98 Å². The minimum Gasteiger partial charge on any atom is -0.347 e. The van der Waals surface area contributed by atoms with E-state index >= 15 is 0 Å². The van der Waals surface area contributed by atoms with Gasteiger partial charge in [0, 0.05) is 32.5 Å². The average molecular weight is 338 g/mol. The molecular weight excluding hydrogens is 312 g/mol. The van der Waals surface area contributed by atoms with Crippen LogP contribution >= 0.6 is 0 Å². The van der Waals surface area contributed by atoms with E-state index in [9.17, 15) is 4.79 Å². The number of hydrogen-bond acceptors (Lipinski definition) is 3. The summed E-state index contributed by atoms with van der Waals surface area (Å²) in [6.45, 7) is 4.20. The zero-order valence-corrected chi connectivity index (χ0v) is 14.9. The first-order valence-corrected chi connectivity index (χ1v) is 9.32. The van der Waals surface area contributed by atoms with Crippen molar-refractivity contribution < 1.29 is 4.79 Å². The van der Waals surface area contributed by atoms with E-state index in [2.05, 4.69) is 17.0 Å². The van der Waals surface area contributed by atoms with Gasteiger partial charge in [-0.25, -0.2) is 0 Å². The van der Waals surface area contributed by atoms with Crippen LogP contribution in [0.2, 0.25) is 0 Å². The fourth-order valence-electron chi connectivity index (χ4n) is 4.07. The van der Waals surface area contributed by atoms with Crippen LogP contribution in [0.5, 0.6) is 0 Å². The predicted octanol–water partition coefficient (Wildman–Crippen LogP) is 2.99. The monoisotopic (exact) mass is 338 g/mol. The summed E-state index contributed by atoms with van der Waals surface area (Å²) in [7, 11) is 1.92. The fraction of sp³-hybridized carbons (Fsp3) is 0.500. The lowest BCUT2D eigenvalue weighted by Crippen LogP contribution is -2.32. The summed E-state index contributed by atoms with van der Waals surface area (Å²) in [4.78, 5) is 22.1. The van der Waals surface area contributed by atoms with Gasteiger partial charge in [-0.15, -0.1) is 0 Å². The molecule has 1 amide bonds. The van der Waals surface area contributed by atoms with Crippen LogP contribution in [0.4, 0.5) is 0 Å². The second-order valence-corrected chi connectivity index (χ2v) is 7.24. The van der Waals surface area contributed by atoms with Crippen molar-refractivity contribution in [2.75, 3.05) is 19.6 Å². The van der Waals surface area contributed by atoms with Crippen LogP contribution in [0, 0.1) is 0 Å². The third-order valence-corrected chi connectivity index (χ3v) is 5.47. The van der Waals surface area contributed by atoms with Gasteiger partial charge in [0.2, 0.25) is 0 Å². The number of aromatic nitrogens is 2. The molecule has 4 rings (SSSR count). The molecule has 0 aliphatic carbocycles. The first-order valence-electron chi connectivity index (χ1n) is 9.32. The standard InChI is InChI=1S/C20H26N4O/c1-22-10-4-7-19(22)20(25)24-13-5-6-18(24)17-9-8-16(14-21-17)15-23-11-2-3-12-23/h4,7-10,14,18H,2-3,5-6,11-13,15H2,1H3/t18-/m0/s1. The van der Waals surface area contributed by atoms with Crippen molar-refractivity contribution in [2.24, 2.45) is 7.05 Å². The normalized spacial score (nSPS) is 21.2. The summed E-state index contributed by atoms with van der Waals surface area (Å²) in [5, 5.41) is 0. The summed E-state index contributed by atoms with van der Waals surface area (Å²) in [6, 6.07) is 8.22. The largest absolute Gasteiger partial charge is 0.347 e. The highest BCUT2D eigenvalue weighted by molar-refractivity contribution is 5.93. The smallest absolute Gasteiger partial charge is 0.271 e. The quantitative estimate of drug-likeness (QED) is 0.860. The van der Waals surface area contributed by atoms with E-state index in [0.29, 0.717) is 0 Å². The molecule has 0 saturated carbocycles. The molecule has 132 valence electrons. The van der Waals surface area contributed by atoms with E-state index < -0.39 is 0 Å². The van der Waals surface area contributed by atoms with E-state index in [1.807, 2.05) is 41.0 Å². The number of nitrogens with zero attached hydrogens (tertiary/aromatic N) is 4. The fourth-order valence-corrected chi connectivity index (χ4v) is 4.07. The lowest BCUT2D eigenvalue weighted by molar-refractivity contribution is 0.0723. The number of aryl methyl sites for hydroxylation is 1. The summed E-state index contributed by atoms with van der Waals surface area (Å²) in [5.41, 5.74) is 3.03. The highest BCUT2D eigenvalue weighted by atomic mass is 16.2. The Morgan fingerprint density at radius 1 is 1.16 bits per heavy atom. The topological polar surface area (TPSA) is 41.4 Å². The number of likely N-dealkylation sites (tertiary alicyclic amines) is 2. The lowest BCUT2D eigenvalue weighted by Gasteiger charge is -2.25. The molecule has 2 fully saturated rings. The third kappa shape index (κ3) is 3.33. The second kappa shape index (κ2) is 7.00. The van der Waals surface area contributed by atoms with Gasteiger partial charge >= 0.3 is 0 Å². The maximum atomic E-state index is 12.9. The van der Waals surface area contributed by atoms with Crippen LogP contribution in [-0.2, 0) is 13.6 Å². The van der Waals surface area contributed by atoms with Crippen molar-refractivity contribution in [3.63, 3.8) is 0 Å². The first-order chi connectivity index (χ1) is 12.2. The van der Waals surface area contributed by atoms with Crippen molar-refractivity contribution in [3.05, 3.63) is 53.6 Å². The van der Waals surface area contributed by atoms with Gasteiger partial charge in [0.25, 0.3) is 5.91 Å². The van der Waals surface area contributed by atoms with Crippen LogP contribution in [0.25, 0.3) is 0 Å². The molecule has 1 atom stereocenters. The summed E-state index contributed by atoms with van der Waals surface area (Å²) in [6.07, 6.45) is 8.57. The van der Waals surface area contributed by atoms with Crippen LogP contribution in [0.15, 0.2) is 36.7 Å². The van der Waals surface area contributed by atoms with Crippen LogP contribution < -0.4 is 0 Å². The Morgan fingerprint density at radius 2 is 2.00 bits per heavy atom. The van der Waals surface area contributed by atoms with E-state index in [1.54, 1.807) is 0 Å². The molecule has 0 spiro atoms. The molecule has 2 aromatic heterocycles. The minimum atomic E-state index is 0.100. The van der Waals surface area contributed by atoms with Gasteiger partial charge in [-0.1, -0.05) is 6.07 Å². The van der Waals surface area contributed by atoms with Crippen LogP contribution in [0.1, 0.15) is 53.5 Å². The van der Waals surface area contributed by atoms with Crippen LogP contribution in [0.3, 0.4) is 0 Å².